The van der Waals surface area contributed by atoms with E-state index in [1.165, 1.54) is 5.56 Å². The molecule has 0 spiro atoms. The van der Waals surface area contributed by atoms with Gasteiger partial charge in [0.2, 0.25) is 0 Å². The van der Waals surface area contributed by atoms with Crippen LogP contribution in [0.15, 0.2) is 42.5 Å². The molecule has 1 aliphatic rings. The molecule has 0 aromatic heterocycles. The van der Waals surface area contributed by atoms with Gasteiger partial charge >= 0.3 is 6.03 Å². The Morgan fingerprint density at radius 3 is 2.46 bits per heavy atom. The van der Waals surface area contributed by atoms with Gasteiger partial charge in [0.05, 0.1) is 20.8 Å². The van der Waals surface area contributed by atoms with Crippen LogP contribution >= 0.6 is 0 Å². The van der Waals surface area contributed by atoms with Gasteiger partial charge in [-0.3, -0.25) is 4.90 Å². The molecule has 0 aliphatic carbocycles. The molecule has 26 heavy (non-hydrogen) atoms. The van der Waals surface area contributed by atoms with Gasteiger partial charge in [-0.25, -0.2) is 4.79 Å². The lowest BCUT2D eigenvalue weighted by molar-refractivity contribution is 0.240. The number of amides is 2. The summed E-state index contributed by atoms with van der Waals surface area (Å²) in [5.41, 5.74) is 2.19. The number of ether oxygens (including phenoxy) is 3. The van der Waals surface area contributed by atoms with E-state index in [4.69, 9.17) is 14.2 Å². The number of hydrogen-bond acceptors (Lipinski definition) is 4. The predicted molar refractivity (Wildman–Crippen MR) is 101 cm³/mol. The number of nitrogens with zero attached hydrogens (tertiary/aromatic N) is 1. The molecule has 3 rings (SSSR count). The number of rotatable bonds is 6. The molecule has 2 aromatic rings. The molecule has 1 heterocycles. The number of carbonyl (C=O) groups is 1. The Kier molecular flexibility index (Phi) is 5.51. The highest BCUT2D eigenvalue weighted by Crippen LogP contribution is 2.31. The Labute approximate surface area is 153 Å². The first-order valence-electron chi connectivity index (χ1n) is 8.63. The van der Waals surface area contributed by atoms with Gasteiger partial charge < -0.3 is 19.5 Å². The van der Waals surface area contributed by atoms with Crippen LogP contribution in [0, 0.1) is 0 Å². The van der Waals surface area contributed by atoms with Gasteiger partial charge in [0.25, 0.3) is 0 Å². The van der Waals surface area contributed by atoms with E-state index < -0.39 is 0 Å². The van der Waals surface area contributed by atoms with Gasteiger partial charge in [-0.05, 0) is 25.0 Å². The Morgan fingerprint density at radius 1 is 1.12 bits per heavy atom. The maximum atomic E-state index is 12.5. The van der Waals surface area contributed by atoms with E-state index in [-0.39, 0.29) is 12.1 Å². The normalized spacial score (nSPS) is 15.3. The van der Waals surface area contributed by atoms with E-state index in [1.807, 2.05) is 23.1 Å². The van der Waals surface area contributed by atoms with Crippen molar-refractivity contribution < 1.29 is 19.0 Å². The van der Waals surface area contributed by atoms with E-state index >= 15 is 0 Å². The van der Waals surface area contributed by atoms with Crippen LogP contribution in [-0.4, -0.2) is 39.4 Å². The molecule has 0 saturated carbocycles. The summed E-state index contributed by atoms with van der Waals surface area (Å²) in [5, 5.41) is 2.92. The molecule has 1 N–H and O–H groups in total. The molecule has 1 atom stereocenters. The van der Waals surface area contributed by atoms with Crippen molar-refractivity contribution in [1.29, 1.82) is 0 Å². The molecule has 2 amide bonds. The summed E-state index contributed by atoms with van der Waals surface area (Å²) in [5.74, 6) is 1.95. The molecule has 6 heteroatoms. The molecule has 1 aliphatic heterocycles. The maximum Gasteiger partial charge on any atom is 0.322 e. The zero-order valence-electron chi connectivity index (χ0n) is 15.3. The Bertz CT molecular complexity index is 756. The van der Waals surface area contributed by atoms with Gasteiger partial charge in [-0.15, -0.1) is 0 Å². The Balaban J connectivity index is 1.53. The molecule has 0 radical (unpaired) electrons. The number of carbonyl (C=O) groups excluding carboxylic acids is 1. The lowest BCUT2D eigenvalue weighted by Gasteiger charge is -2.23. The number of methoxy groups -OCH3 is 2. The number of benzene rings is 2. The van der Waals surface area contributed by atoms with Crippen molar-refractivity contribution in [2.24, 2.45) is 0 Å². The average Bonchev–Trinajstić information content (AvgIpc) is 3.00. The monoisotopic (exact) mass is 356 g/mol. The molecule has 0 bridgehead atoms. The summed E-state index contributed by atoms with van der Waals surface area (Å²) in [6.07, 6.45) is 0.879. The Morgan fingerprint density at radius 2 is 1.77 bits per heavy atom. The predicted octanol–water partition coefficient (Wildman–Crippen LogP) is 3.24. The molecule has 1 unspecified atom stereocenters. The highest BCUT2D eigenvalue weighted by Gasteiger charge is 2.30. The second-order valence-electron chi connectivity index (χ2n) is 6.18. The van der Waals surface area contributed by atoms with Gasteiger partial charge in [-0.1, -0.05) is 18.2 Å². The first-order chi connectivity index (χ1) is 12.6. The SMILES string of the molecule is COc1cc(OC)cc(OCCNC(=O)N2c3ccccc3CC2C)c1. The number of hydrogen-bond donors (Lipinski definition) is 1. The van der Waals surface area contributed by atoms with Crippen LogP contribution in [0.2, 0.25) is 0 Å². The third kappa shape index (κ3) is 3.85. The van der Waals surface area contributed by atoms with Crippen LogP contribution in [0.25, 0.3) is 0 Å². The van der Waals surface area contributed by atoms with Crippen molar-refractivity contribution in [2.75, 3.05) is 32.3 Å². The zero-order chi connectivity index (χ0) is 18.5. The summed E-state index contributed by atoms with van der Waals surface area (Å²) < 4.78 is 16.1. The smallest absolute Gasteiger partial charge is 0.322 e. The molecule has 138 valence electrons. The highest BCUT2D eigenvalue weighted by atomic mass is 16.5. The second kappa shape index (κ2) is 7.99. The summed E-state index contributed by atoms with van der Waals surface area (Å²) >= 11 is 0. The van der Waals surface area contributed by atoms with Gasteiger partial charge in [0.15, 0.2) is 0 Å². The van der Waals surface area contributed by atoms with Crippen LogP contribution in [0.3, 0.4) is 0 Å². The highest BCUT2D eigenvalue weighted by molar-refractivity contribution is 5.94. The fourth-order valence-corrected chi connectivity index (χ4v) is 3.15. The van der Waals surface area contributed by atoms with Crippen LogP contribution in [0.5, 0.6) is 17.2 Å². The molecule has 0 fully saturated rings. The topological polar surface area (TPSA) is 60.0 Å². The molecular formula is C20H24N2O4. The lowest BCUT2D eigenvalue weighted by Crippen LogP contribution is -2.44. The molecule has 0 saturated heterocycles. The molecule has 6 nitrogen and oxygen atoms in total. The number of fused-ring (bicyclic) bond motifs is 1. The summed E-state index contributed by atoms with van der Waals surface area (Å²) in [6, 6.07) is 13.4. The van der Waals surface area contributed by atoms with Crippen molar-refractivity contribution in [3.63, 3.8) is 0 Å². The van der Waals surface area contributed by atoms with Gasteiger partial charge in [0, 0.05) is 29.9 Å². The molecular weight excluding hydrogens is 332 g/mol. The largest absolute Gasteiger partial charge is 0.496 e. The van der Waals surface area contributed by atoms with Crippen LogP contribution in [0.1, 0.15) is 12.5 Å². The lowest BCUT2D eigenvalue weighted by atomic mass is 10.1. The first-order valence-corrected chi connectivity index (χ1v) is 8.63. The average molecular weight is 356 g/mol. The van der Waals surface area contributed by atoms with Crippen molar-refractivity contribution in [2.45, 2.75) is 19.4 Å². The van der Waals surface area contributed by atoms with Crippen LogP contribution < -0.4 is 24.4 Å². The number of para-hydroxylation sites is 1. The molecule has 2 aromatic carbocycles. The summed E-state index contributed by atoms with van der Waals surface area (Å²) in [4.78, 5) is 14.4. The van der Waals surface area contributed by atoms with Crippen LogP contribution in [-0.2, 0) is 6.42 Å². The fraction of sp³-hybridized carbons (Fsp3) is 0.350. The second-order valence-corrected chi connectivity index (χ2v) is 6.18. The quantitative estimate of drug-likeness (QED) is 0.807. The van der Waals surface area contributed by atoms with Crippen molar-refractivity contribution in [3.8, 4) is 17.2 Å². The third-order valence-corrected chi connectivity index (χ3v) is 4.40. The summed E-state index contributed by atoms with van der Waals surface area (Å²) in [6.45, 7) is 2.81. The van der Waals surface area contributed by atoms with Crippen molar-refractivity contribution in [3.05, 3.63) is 48.0 Å². The van der Waals surface area contributed by atoms with Crippen molar-refractivity contribution in [1.82, 2.24) is 5.32 Å². The zero-order valence-corrected chi connectivity index (χ0v) is 15.3. The van der Waals surface area contributed by atoms with Gasteiger partial charge in [0.1, 0.15) is 23.9 Å². The Hall–Kier alpha value is -2.89. The standard InChI is InChI=1S/C20H24N2O4/c1-14-10-15-6-4-5-7-19(15)22(14)20(23)21-8-9-26-18-12-16(24-2)11-17(13-18)25-3/h4-7,11-14H,8-10H2,1-3H3,(H,21,23). The minimum atomic E-state index is -0.103. The number of anilines is 1. The minimum absolute atomic E-state index is 0.103. The maximum absolute atomic E-state index is 12.5. The third-order valence-electron chi connectivity index (χ3n) is 4.40. The van der Waals surface area contributed by atoms with Crippen LogP contribution in [0.4, 0.5) is 10.5 Å². The summed E-state index contributed by atoms with van der Waals surface area (Å²) in [7, 11) is 3.18. The van der Waals surface area contributed by atoms with E-state index in [2.05, 4.69) is 18.3 Å². The number of urea groups is 1. The van der Waals surface area contributed by atoms with Crippen molar-refractivity contribution >= 4 is 11.7 Å². The van der Waals surface area contributed by atoms with E-state index in [0.29, 0.717) is 30.4 Å². The van der Waals surface area contributed by atoms with E-state index in [0.717, 1.165) is 12.1 Å². The van der Waals surface area contributed by atoms with Gasteiger partial charge in [-0.2, -0.15) is 0 Å². The van der Waals surface area contributed by atoms with E-state index in [1.54, 1.807) is 32.4 Å². The number of nitrogens with one attached hydrogen (secondary N) is 1. The minimum Gasteiger partial charge on any atom is -0.496 e. The first kappa shape index (κ1) is 17.9. The fourth-order valence-electron chi connectivity index (χ4n) is 3.15. The van der Waals surface area contributed by atoms with E-state index in [9.17, 15) is 4.79 Å².